The highest BCUT2D eigenvalue weighted by Gasteiger charge is 2.14. The molecule has 15 heavy (non-hydrogen) atoms. The molecule has 1 atom stereocenters. The number of anilines is 2. The van der Waals surface area contributed by atoms with Gasteiger partial charge in [-0.05, 0) is 31.3 Å². The second-order valence-electron chi connectivity index (χ2n) is 4.05. The van der Waals surface area contributed by atoms with E-state index in [9.17, 15) is 0 Å². The van der Waals surface area contributed by atoms with Gasteiger partial charge in [0.05, 0.1) is 0 Å². The quantitative estimate of drug-likeness (QED) is 0.841. The molecule has 1 aromatic rings. The molecule has 86 valence electrons. The van der Waals surface area contributed by atoms with Gasteiger partial charge in [0.1, 0.15) is 10.8 Å². The van der Waals surface area contributed by atoms with Crippen molar-refractivity contribution in [3.63, 3.8) is 0 Å². The molecule has 2 N–H and O–H groups in total. The molecular formula is C11H21N3S. The van der Waals surface area contributed by atoms with Crippen LogP contribution in [0.15, 0.2) is 0 Å². The summed E-state index contributed by atoms with van der Waals surface area (Å²) >= 11 is 1.51. The highest BCUT2D eigenvalue weighted by Crippen LogP contribution is 2.30. The highest BCUT2D eigenvalue weighted by atomic mass is 32.1. The molecule has 0 fully saturated rings. The zero-order valence-electron chi connectivity index (χ0n) is 10.1. The van der Waals surface area contributed by atoms with E-state index in [1.807, 2.05) is 6.92 Å². The van der Waals surface area contributed by atoms with Crippen molar-refractivity contribution >= 4 is 22.4 Å². The molecule has 0 aliphatic rings. The van der Waals surface area contributed by atoms with Crippen molar-refractivity contribution in [2.45, 2.75) is 34.1 Å². The van der Waals surface area contributed by atoms with E-state index in [4.69, 9.17) is 5.73 Å². The van der Waals surface area contributed by atoms with Gasteiger partial charge in [-0.2, -0.15) is 4.37 Å². The second-order valence-corrected chi connectivity index (χ2v) is 4.80. The minimum Gasteiger partial charge on any atom is -0.383 e. The molecule has 0 amide bonds. The number of rotatable bonds is 5. The van der Waals surface area contributed by atoms with Crippen molar-refractivity contribution in [1.29, 1.82) is 0 Å². The Morgan fingerprint density at radius 3 is 2.53 bits per heavy atom. The van der Waals surface area contributed by atoms with Crippen molar-refractivity contribution in [2.24, 2.45) is 5.92 Å². The zero-order valence-corrected chi connectivity index (χ0v) is 10.9. The van der Waals surface area contributed by atoms with Gasteiger partial charge in [0, 0.05) is 18.7 Å². The van der Waals surface area contributed by atoms with Gasteiger partial charge in [-0.15, -0.1) is 0 Å². The lowest BCUT2D eigenvalue weighted by atomic mass is 10.1. The molecule has 0 aliphatic carbocycles. The molecule has 1 aromatic heterocycles. The van der Waals surface area contributed by atoms with E-state index in [0.29, 0.717) is 11.7 Å². The zero-order chi connectivity index (χ0) is 11.4. The summed E-state index contributed by atoms with van der Waals surface area (Å²) in [4.78, 5) is 2.37. The predicted octanol–water partition coefficient (Wildman–Crippen LogP) is 2.91. The van der Waals surface area contributed by atoms with Gasteiger partial charge in [-0.3, -0.25) is 0 Å². The molecule has 4 heteroatoms. The first kappa shape index (κ1) is 12.3. The molecule has 3 nitrogen and oxygen atoms in total. The molecule has 0 aromatic carbocycles. The lowest BCUT2D eigenvalue weighted by Crippen LogP contribution is -2.27. The Morgan fingerprint density at radius 1 is 1.47 bits per heavy atom. The van der Waals surface area contributed by atoms with Crippen LogP contribution in [0.5, 0.6) is 0 Å². The molecule has 0 radical (unpaired) electrons. The molecule has 1 rings (SSSR count). The SMILES string of the molecule is CCC(C)CN(CC)c1snc(N)c1C. The molecule has 0 saturated carbocycles. The Hall–Kier alpha value is -0.770. The maximum atomic E-state index is 5.77. The normalized spacial score (nSPS) is 12.8. The minimum atomic E-state index is 0.678. The van der Waals surface area contributed by atoms with Gasteiger partial charge in [-0.25, -0.2) is 0 Å². The molecule has 0 saturated heterocycles. The summed E-state index contributed by atoms with van der Waals surface area (Å²) in [5, 5.41) is 1.23. The maximum Gasteiger partial charge on any atom is 0.142 e. The van der Waals surface area contributed by atoms with Gasteiger partial charge in [0.25, 0.3) is 0 Å². The van der Waals surface area contributed by atoms with Crippen molar-refractivity contribution in [3.8, 4) is 0 Å². The number of nitrogen functional groups attached to an aromatic ring is 1. The Kier molecular flexibility index (Phi) is 4.39. The number of hydrogen-bond donors (Lipinski definition) is 1. The maximum absolute atomic E-state index is 5.77. The average molecular weight is 227 g/mol. The average Bonchev–Trinajstić information content (AvgIpc) is 2.56. The molecule has 1 unspecified atom stereocenters. The van der Waals surface area contributed by atoms with E-state index in [0.717, 1.165) is 18.7 Å². The smallest absolute Gasteiger partial charge is 0.142 e. The van der Waals surface area contributed by atoms with Crippen LogP contribution in [0.1, 0.15) is 32.8 Å². The lowest BCUT2D eigenvalue weighted by molar-refractivity contribution is 0.549. The fraction of sp³-hybridized carbons (Fsp3) is 0.727. The largest absolute Gasteiger partial charge is 0.383 e. The summed E-state index contributed by atoms with van der Waals surface area (Å²) in [5.74, 6) is 1.39. The Morgan fingerprint density at radius 2 is 2.13 bits per heavy atom. The van der Waals surface area contributed by atoms with Crippen LogP contribution in [0, 0.1) is 12.8 Å². The molecule has 0 aliphatic heterocycles. The molecule has 0 spiro atoms. The van der Waals surface area contributed by atoms with Crippen LogP contribution >= 0.6 is 11.5 Å². The third-order valence-electron chi connectivity index (χ3n) is 2.83. The first-order chi connectivity index (χ1) is 7.10. The van der Waals surface area contributed by atoms with Gasteiger partial charge in [0.2, 0.25) is 0 Å². The van der Waals surface area contributed by atoms with E-state index >= 15 is 0 Å². The standard InChI is InChI=1S/C11H21N3S/c1-5-8(3)7-14(6-2)11-9(4)10(12)13-15-11/h8H,5-7H2,1-4H3,(H2,12,13). The monoisotopic (exact) mass is 227 g/mol. The van der Waals surface area contributed by atoms with E-state index < -0.39 is 0 Å². The highest BCUT2D eigenvalue weighted by molar-refractivity contribution is 7.10. The fourth-order valence-corrected chi connectivity index (χ4v) is 2.38. The topological polar surface area (TPSA) is 42.2 Å². The third kappa shape index (κ3) is 2.84. The van der Waals surface area contributed by atoms with Crippen LogP contribution in [0.4, 0.5) is 10.8 Å². The van der Waals surface area contributed by atoms with Gasteiger partial charge < -0.3 is 10.6 Å². The van der Waals surface area contributed by atoms with Crippen LogP contribution in [0.3, 0.4) is 0 Å². The van der Waals surface area contributed by atoms with Gasteiger partial charge in [-0.1, -0.05) is 20.3 Å². The molecule has 0 bridgehead atoms. The summed E-state index contributed by atoms with van der Waals surface area (Å²) in [6.07, 6.45) is 1.21. The number of nitrogens with zero attached hydrogens (tertiary/aromatic N) is 2. The van der Waals surface area contributed by atoms with Crippen molar-refractivity contribution in [3.05, 3.63) is 5.56 Å². The number of nitrogens with two attached hydrogens (primary N) is 1. The van der Waals surface area contributed by atoms with Crippen molar-refractivity contribution in [2.75, 3.05) is 23.7 Å². The first-order valence-corrected chi connectivity index (χ1v) is 6.34. The van der Waals surface area contributed by atoms with E-state index in [1.54, 1.807) is 0 Å². The summed E-state index contributed by atoms with van der Waals surface area (Å²) in [6, 6.07) is 0. The number of aromatic nitrogens is 1. The Balaban J connectivity index is 2.78. The van der Waals surface area contributed by atoms with Crippen LogP contribution in [-0.2, 0) is 0 Å². The predicted molar refractivity (Wildman–Crippen MR) is 68.6 cm³/mol. The van der Waals surface area contributed by atoms with Gasteiger partial charge in [0.15, 0.2) is 0 Å². The van der Waals surface area contributed by atoms with Gasteiger partial charge >= 0.3 is 0 Å². The van der Waals surface area contributed by atoms with Crippen molar-refractivity contribution in [1.82, 2.24) is 4.37 Å². The minimum absolute atomic E-state index is 0.678. The fourth-order valence-electron chi connectivity index (χ4n) is 1.49. The van der Waals surface area contributed by atoms with Crippen LogP contribution in [-0.4, -0.2) is 17.5 Å². The van der Waals surface area contributed by atoms with E-state index in [1.165, 1.54) is 23.0 Å². The Bertz CT molecular complexity index is 309. The van der Waals surface area contributed by atoms with E-state index in [-0.39, 0.29) is 0 Å². The third-order valence-corrected chi connectivity index (χ3v) is 3.86. The van der Waals surface area contributed by atoms with Crippen LogP contribution in [0.25, 0.3) is 0 Å². The molecular weight excluding hydrogens is 206 g/mol. The molecule has 1 heterocycles. The summed E-state index contributed by atoms with van der Waals surface area (Å²) in [5.41, 5.74) is 6.90. The van der Waals surface area contributed by atoms with Crippen molar-refractivity contribution < 1.29 is 0 Å². The second kappa shape index (κ2) is 5.35. The first-order valence-electron chi connectivity index (χ1n) is 5.56. The van der Waals surface area contributed by atoms with Crippen LogP contribution < -0.4 is 10.6 Å². The summed E-state index contributed by atoms with van der Waals surface area (Å²) in [7, 11) is 0. The summed E-state index contributed by atoms with van der Waals surface area (Å²) in [6.45, 7) is 10.8. The van der Waals surface area contributed by atoms with E-state index in [2.05, 4.69) is 30.0 Å². The Labute approximate surface area is 96.5 Å². The summed E-state index contributed by atoms with van der Waals surface area (Å²) < 4.78 is 4.20. The lowest BCUT2D eigenvalue weighted by Gasteiger charge is -2.24. The van der Waals surface area contributed by atoms with Crippen LogP contribution in [0.2, 0.25) is 0 Å². The number of hydrogen-bond acceptors (Lipinski definition) is 4.